The number of fused-ring (bicyclic) bond motifs is 1. The number of carbonyl (C=O) groups is 1. The molecule has 1 aromatic rings. The van der Waals surface area contributed by atoms with Crippen LogP contribution in [0.25, 0.3) is 0 Å². The number of nitriles is 2. The SMILES string of the molecule is CC(C)=NOC1(ON=C(C)C)N=C(N)[C@@]2(C#N)[C@H](C(=O)c3cccs3)[C@@]12C#N. The fourth-order valence-electron chi connectivity index (χ4n) is 3.49. The standard InChI is InChI=1S/C18H18N6O3S/c1-10(2)23-26-18(27-24-11(3)4)17(9-20)14(13(25)12-6-5-7-28-12)16(17,8-19)15(21)22-18/h5-7,14H,1-4H3,(H2,21,22)/t14-,16+,17+/m0/s1. The quantitative estimate of drug-likeness (QED) is 0.337. The summed E-state index contributed by atoms with van der Waals surface area (Å²) in [7, 11) is 0. The number of nitrogens with two attached hydrogens (primary N) is 1. The molecule has 28 heavy (non-hydrogen) atoms. The first-order valence-electron chi connectivity index (χ1n) is 8.37. The first-order valence-corrected chi connectivity index (χ1v) is 9.25. The summed E-state index contributed by atoms with van der Waals surface area (Å²) in [6.45, 7) is 6.67. The molecule has 1 aliphatic heterocycles. The topological polar surface area (TPSA) is 146 Å². The Morgan fingerprint density at radius 3 is 2.25 bits per heavy atom. The molecule has 2 heterocycles. The number of oxime groups is 2. The van der Waals surface area contributed by atoms with Gasteiger partial charge in [0.1, 0.15) is 5.84 Å². The molecule has 1 aliphatic carbocycles. The monoisotopic (exact) mass is 398 g/mol. The van der Waals surface area contributed by atoms with E-state index >= 15 is 0 Å². The third kappa shape index (κ3) is 2.28. The minimum atomic E-state index is -2.15. The van der Waals surface area contributed by atoms with E-state index < -0.39 is 28.4 Å². The number of hydrogen-bond donors (Lipinski definition) is 1. The molecule has 144 valence electrons. The second-order valence-electron chi connectivity index (χ2n) is 6.95. The predicted molar refractivity (Wildman–Crippen MR) is 102 cm³/mol. The first kappa shape index (κ1) is 19.5. The lowest BCUT2D eigenvalue weighted by molar-refractivity contribution is -0.262. The van der Waals surface area contributed by atoms with Gasteiger partial charge in [0.05, 0.1) is 34.4 Å². The van der Waals surface area contributed by atoms with Crippen LogP contribution in [0, 0.1) is 39.4 Å². The third-order valence-corrected chi connectivity index (χ3v) is 5.54. The molecule has 9 nitrogen and oxygen atoms in total. The normalized spacial score (nSPS) is 28.6. The van der Waals surface area contributed by atoms with Gasteiger partial charge in [0.15, 0.2) is 11.2 Å². The molecule has 0 bridgehead atoms. The summed E-state index contributed by atoms with van der Waals surface area (Å²) in [4.78, 5) is 28.7. The van der Waals surface area contributed by atoms with Gasteiger partial charge in [0, 0.05) is 0 Å². The van der Waals surface area contributed by atoms with Gasteiger partial charge in [-0.3, -0.25) is 4.79 Å². The van der Waals surface area contributed by atoms with Crippen LogP contribution in [0.5, 0.6) is 0 Å². The van der Waals surface area contributed by atoms with E-state index in [0.29, 0.717) is 16.3 Å². The van der Waals surface area contributed by atoms with Crippen molar-refractivity contribution in [2.45, 2.75) is 33.6 Å². The van der Waals surface area contributed by atoms with Crippen molar-refractivity contribution in [3.8, 4) is 12.1 Å². The van der Waals surface area contributed by atoms with E-state index in [-0.39, 0.29) is 5.84 Å². The zero-order valence-electron chi connectivity index (χ0n) is 15.8. The minimum absolute atomic E-state index is 0.209. The molecule has 0 saturated heterocycles. The van der Waals surface area contributed by atoms with E-state index in [0.717, 1.165) is 0 Å². The summed E-state index contributed by atoms with van der Waals surface area (Å²) < 4.78 is 0. The van der Waals surface area contributed by atoms with E-state index in [1.54, 1.807) is 45.2 Å². The van der Waals surface area contributed by atoms with Gasteiger partial charge in [-0.15, -0.1) is 11.3 Å². The van der Waals surface area contributed by atoms with Gasteiger partial charge in [-0.2, -0.15) is 15.5 Å². The lowest BCUT2D eigenvalue weighted by Gasteiger charge is -2.27. The molecule has 2 N–H and O–H groups in total. The van der Waals surface area contributed by atoms with E-state index in [1.165, 1.54) is 11.3 Å². The number of rotatable bonds is 6. The van der Waals surface area contributed by atoms with Crippen molar-refractivity contribution in [2.75, 3.05) is 0 Å². The van der Waals surface area contributed by atoms with Crippen molar-refractivity contribution in [3.63, 3.8) is 0 Å². The van der Waals surface area contributed by atoms with E-state index in [2.05, 4.69) is 15.3 Å². The number of Topliss-reactive ketones (excluding diaryl/α,β-unsaturated/α-hetero) is 1. The summed E-state index contributed by atoms with van der Waals surface area (Å²) >= 11 is 1.21. The maximum Gasteiger partial charge on any atom is 0.421 e. The van der Waals surface area contributed by atoms with Crippen LogP contribution < -0.4 is 5.73 Å². The number of thiophene rings is 1. The maximum absolute atomic E-state index is 13.1. The first-order chi connectivity index (χ1) is 13.2. The molecule has 1 aromatic heterocycles. The highest BCUT2D eigenvalue weighted by atomic mass is 32.1. The Bertz CT molecular complexity index is 972. The van der Waals surface area contributed by atoms with Crippen LogP contribution >= 0.6 is 11.3 Å². The van der Waals surface area contributed by atoms with Gasteiger partial charge in [-0.1, -0.05) is 16.4 Å². The molecule has 0 amide bonds. The molecule has 10 heteroatoms. The number of aliphatic imine (C=N–C) groups is 1. The summed E-state index contributed by atoms with van der Waals surface area (Å²) in [5, 5.41) is 29.6. The molecule has 1 fully saturated rings. The zero-order chi connectivity index (χ0) is 20.7. The zero-order valence-corrected chi connectivity index (χ0v) is 16.6. The Balaban J connectivity index is 2.20. The fourth-order valence-corrected chi connectivity index (χ4v) is 4.18. The van der Waals surface area contributed by atoms with Crippen molar-refractivity contribution >= 4 is 34.4 Å². The number of carbonyl (C=O) groups excluding carboxylic acids is 1. The Morgan fingerprint density at radius 1 is 1.21 bits per heavy atom. The molecule has 3 rings (SSSR count). The molecule has 3 atom stereocenters. The van der Waals surface area contributed by atoms with Crippen LogP contribution in [0.3, 0.4) is 0 Å². The largest absolute Gasteiger partial charge is 0.421 e. The highest BCUT2D eigenvalue weighted by Crippen LogP contribution is 2.78. The Hall–Kier alpha value is -3.24. The second kappa shape index (κ2) is 6.43. The highest BCUT2D eigenvalue weighted by molar-refractivity contribution is 7.12. The van der Waals surface area contributed by atoms with Crippen LogP contribution in [0.2, 0.25) is 0 Å². The summed E-state index contributed by atoms with van der Waals surface area (Å²) in [5.41, 5.74) is 3.59. The van der Waals surface area contributed by atoms with Crippen molar-refractivity contribution in [2.24, 2.45) is 37.8 Å². The molecular formula is C18H18N6O3S. The van der Waals surface area contributed by atoms with Gasteiger partial charge < -0.3 is 15.4 Å². The van der Waals surface area contributed by atoms with Crippen molar-refractivity contribution in [1.29, 1.82) is 10.5 Å². The molecular weight excluding hydrogens is 380 g/mol. The summed E-state index contributed by atoms with van der Waals surface area (Å²) in [6, 6.07) is 7.40. The average molecular weight is 398 g/mol. The highest BCUT2D eigenvalue weighted by Gasteiger charge is 2.97. The number of nitrogens with zero attached hydrogens (tertiary/aromatic N) is 5. The second-order valence-corrected chi connectivity index (χ2v) is 7.90. The smallest absolute Gasteiger partial charge is 0.386 e. The predicted octanol–water partition coefficient (Wildman–Crippen LogP) is 2.43. The van der Waals surface area contributed by atoms with Crippen molar-refractivity contribution in [1.82, 2.24) is 0 Å². The van der Waals surface area contributed by atoms with E-state index in [9.17, 15) is 15.3 Å². The summed E-state index contributed by atoms with van der Waals surface area (Å²) in [5.74, 6) is -3.87. The van der Waals surface area contributed by atoms with Crippen LogP contribution in [-0.2, 0) is 9.68 Å². The molecule has 0 aromatic carbocycles. The molecule has 1 saturated carbocycles. The van der Waals surface area contributed by atoms with Gasteiger partial charge in [0.25, 0.3) is 0 Å². The Morgan fingerprint density at radius 2 is 1.82 bits per heavy atom. The van der Waals surface area contributed by atoms with Crippen molar-refractivity contribution < 1.29 is 14.5 Å². The lowest BCUT2D eigenvalue weighted by Crippen LogP contribution is -2.42. The lowest BCUT2D eigenvalue weighted by atomic mass is 9.94. The number of ketones is 1. The minimum Gasteiger partial charge on any atom is -0.386 e. The van der Waals surface area contributed by atoms with Gasteiger partial charge in [-0.25, -0.2) is 0 Å². The van der Waals surface area contributed by atoms with E-state index in [4.69, 9.17) is 15.4 Å². The average Bonchev–Trinajstić information content (AvgIpc) is 2.93. The Kier molecular flexibility index (Phi) is 4.48. The van der Waals surface area contributed by atoms with Crippen LogP contribution in [0.15, 0.2) is 32.8 Å². The van der Waals surface area contributed by atoms with Crippen LogP contribution in [0.1, 0.15) is 37.4 Å². The van der Waals surface area contributed by atoms with Gasteiger partial charge >= 0.3 is 5.91 Å². The van der Waals surface area contributed by atoms with Crippen molar-refractivity contribution in [3.05, 3.63) is 22.4 Å². The fraction of sp³-hybridized carbons (Fsp3) is 0.444. The van der Waals surface area contributed by atoms with E-state index in [1.807, 2.05) is 12.1 Å². The maximum atomic E-state index is 13.1. The van der Waals surface area contributed by atoms with Crippen LogP contribution in [0.4, 0.5) is 0 Å². The van der Waals surface area contributed by atoms with Gasteiger partial charge in [0.2, 0.25) is 5.41 Å². The molecule has 0 radical (unpaired) electrons. The third-order valence-electron chi connectivity index (χ3n) is 4.66. The molecule has 0 spiro atoms. The number of hydrogen-bond acceptors (Lipinski definition) is 10. The molecule has 0 unspecified atom stereocenters. The molecule has 2 aliphatic rings. The summed E-state index contributed by atoms with van der Waals surface area (Å²) in [6.07, 6.45) is 0. The Labute approximate surface area is 165 Å². The van der Waals surface area contributed by atoms with Gasteiger partial charge in [-0.05, 0) is 39.1 Å². The number of amidine groups is 1. The van der Waals surface area contributed by atoms with Crippen LogP contribution in [-0.4, -0.2) is 29.0 Å².